The number of aliphatic hydroxyl groups excluding tert-OH is 2. The van der Waals surface area contributed by atoms with Crippen LogP contribution in [-0.4, -0.2) is 33.4 Å². The Hall–Kier alpha value is -1.92. The number of carbonyl (C=O) groups is 2. The first-order valence-electron chi connectivity index (χ1n) is 4.15. The molecular formula is C10H14O6. The van der Waals surface area contributed by atoms with Gasteiger partial charge in [-0.15, -0.1) is 0 Å². The largest absolute Gasteiger partial charge is 0.483 e. The van der Waals surface area contributed by atoms with E-state index in [4.69, 9.17) is 30.0 Å². The molecular weight excluding hydrogens is 216 g/mol. The van der Waals surface area contributed by atoms with Crippen molar-refractivity contribution in [1.82, 2.24) is 0 Å². The summed E-state index contributed by atoms with van der Waals surface area (Å²) in [6, 6.07) is 7.19. The van der Waals surface area contributed by atoms with Crippen LogP contribution >= 0.6 is 0 Å². The molecule has 1 aromatic carbocycles. The van der Waals surface area contributed by atoms with Gasteiger partial charge in [-0.05, 0) is 11.1 Å². The number of carboxylic acid groups (broad SMARTS) is 2. The Morgan fingerprint density at radius 1 is 0.812 bits per heavy atom. The summed E-state index contributed by atoms with van der Waals surface area (Å²) >= 11 is 0. The predicted molar refractivity (Wildman–Crippen MR) is 55.7 cm³/mol. The number of rotatable bonds is 2. The molecule has 90 valence electrons. The summed E-state index contributed by atoms with van der Waals surface area (Å²) in [5.41, 5.74) is 1.74. The van der Waals surface area contributed by atoms with Crippen LogP contribution in [0, 0.1) is 0 Å². The molecule has 0 spiro atoms. The van der Waals surface area contributed by atoms with Gasteiger partial charge >= 0.3 is 0 Å². The predicted octanol–water partition coefficient (Wildman–Crippen LogP) is 0.0728. The number of hydrogen-bond acceptors (Lipinski definition) is 4. The first kappa shape index (κ1) is 16.5. The van der Waals surface area contributed by atoms with Gasteiger partial charge in [-0.25, -0.2) is 0 Å². The van der Waals surface area contributed by atoms with E-state index in [1.165, 1.54) is 0 Å². The summed E-state index contributed by atoms with van der Waals surface area (Å²) in [7, 11) is 0. The van der Waals surface area contributed by atoms with Crippen LogP contribution in [0.3, 0.4) is 0 Å². The van der Waals surface area contributed by atoms with E-state index in [0.29, 0.717) is 0 Å². The van der Waals surface area contributed by atoms with Crippen molar-refractivity contribution >= 4 is 12.9 Å². The summed E-state index contributed by atoms with van der Waals surface area (Å²) in [4.78, 5) is 16.7. The lowest BCUT2D eigenvalue weighted by Crippen LogP contribution is -1.85. The van der Waals surface area contributed by atoms with E-state index >= 15 is 0 Å². The third-order valence-electron chi connectivity index (χ3n) is 1.39. The van der Waals surface area contributed by atoms with Crippen molar-refractivity contribution < 1.29 is 30.0 Å². The molecule has 6 nitrogen and oxygen atoms in total. The molecule has 0 saturated carbocycles. The third kappa shape index (κ3) is 10.2. The molecule has 1 rings (SSSR count). The van der Waals surface area contributed by atoms with Gasteiger partial charge < -0.3 is 20.4 Å². The fraction of sp³-hybridized carbons (Fsp3) is 0.200. The van der Waals surface area contributed by atoms with Crippen molar-refractivity contribution in [3.8, 4) is 0 Å². The number of aliphatic hydroxyl groups is 2. The van der Waals surface area contributed by atoms with Crippen LogP contribution in [-0.2, 0) is 22.8 Å². The lowest BCUT2D eigenvalue weighted by atomic mass is 10.1. The van der Waals surface area contributed by atoms with Gasteiger partial charge in [0.2, 0.25) is 0 Å². The van der Waals surface area contributed by atoms with Gasteiger partial charge in [0.25, 0.3) is 12.9 Å². The minimum absolute atomic E-state index is 0.0612. The maximum absolute atomic E-state index is 8.64. The average Bonchev–Trinajstić information content (AvgIpc) is 2.31. The van der Waals surface area contributed by atoms with E-state index in [9.17, 15) is 0 Å². The summed E-state index contributed by atoms with van der Waals surface area (Å²) in [5.74, 6) is 0. The van der Waals surface area contributed by atoms with E-state index in [0.717, 1.165) is 11.1 Å². The van der Waals surface area contributed by atoms with Crippen LogP contribution in [0.25, 0.3) is 0 Å². The highest BCUT2D eigenvalue weighted by Gasteiger charge is 1.89. The molecule has 0 aliphatic carbocycles. The summed E-state index contributed by atoms with van der Waals surface area (Å²) in [5, 5.41) is 31.1. The fourth-order valence-electron chi connectivity index (χ4n) is 0.750. The van der Waals surface area contributed by atoms with Gasteiger partial charge in [0.05, 0.1) is 13.2 Å². The molecule has 0 bridgehead atoms. The fourth-order valence-corrected chi connectivity index (χ4v) is 0.750. The molecule has 0 heterocycles. The minimum Gasteiger partial charge on any atom is -0.483 e. The molecule has 0 aliphatic heterocycles. The SMILES string of the molecule is O=CO.O=CO.OCc1ccc(CO)cc1. The van der Waals surface area contributed by atoms with Crippen molar-refractivity contribution in [1.29, 1.82) is 0 Å². The van der Waals surface area contributed by atoms with Crippen LogP contribution in [0.1, 0.15) is 11.1 Å². The van der Waals surface area contributed by atoms with Gasteiger partial charge in [0.1, 0.15) is 0 Å². The van der Waals surface area contributed by atoms with Gasteiger partial charge in [0.15, 0.2) is 0 Å². The Balaban J connectivity index is 0. The van der Waals surface area contributed by atoms with Gasteiger partial charge in [0, 0.05) is 0 Å². The highest BCUT2D eigenvalue weighted by Crippen LogP contribution is 2.03. The molecule has 16 heavy (non-hydrogen) atoms. The Morgan fingerprint density at radius 2 is 1.00 bits per heavy atom. The van der Waals surface area contributed by atoms with Crippen molar-refractivity contribution in [2.75, 3.05) is 0 Å². The molecule has 0 unspecified atom stereocenters. The Morgan fingerprint density at radius 3 is 1.12 bits per heavy atom. The molecule has 0 aromatic heterocycles. The Bertz CT molecular complexity index is 240. The normalized spacial score (nSPS) is 7.62. The van der Waals surface area contributed by atoms with Crippen LogP contribution in [0.4, 0.5) is 0 Å². The average molecular weight is 230 g/mol. The van der Waals surface area contributed by atoms with E-state index in [-0.39, 0.29) is 26.2 Å². The minimum atomic E-state index is -0.250. The molecule has 4 N–H and O–H groups in total. The van der Waals surface area contributed by atoms with Crippen LogP contribution < -0.4 is 0 Å². The number of benzene rings is 1. The van der Waals surface area contributed by atoms with Crippen molar-refractivity contribution in [3.63, 3.8) is 0 Å². The summed E-state index contributed by atoms with van der Waals surface area (Å²) in [6.45, 7) is -0.378. The second kappa shape index (κ2) is 13.1. The molecule has 0 radical (unpaired) electrons. The second-order valence-electron chi connectivity index (χ2n) is 2.34. The van der Waals surface area contributed by atoms with E-state index < -0.39 is 0 Å². The lowest BCUT2D eigenvalue weighted by molar-refractivity contribution is -0.123. The first-order chi connectivity index (χ1) is 7.69. The molecule has 1 aromatic rings. The van der Waals surface area contributed by atoms with E-state index in [2.05, 4.69) is 0 Å². The van der Waals surface area contributed by atoms with E-state index in [1.54, 1.807) is 24.3 Å². The van der Waals surface area contributed by atoms with Crippen molar-refractivity contribution in [2.45, 2.75) is 13.2 Å². The topological polar surface area (TPSA) is 115 Å². The Labute approximate surface area is 92.4 Å². The standard InChI is InChI=1S/C8H10O2.2CH2O2/c9-5-7-1-2-8(6-10)4-3-7;2*2-1-3/h1-4,9-10H,5-6H2;2*1H,(H,2,3). The molecule has 0 saturated heterocycles. The zero-order valence-corrected chi connectivity index (χ0v) is 8.48. The molecule has 0 aliphatic rings. The smallest absolute Gasteiger partial charge is 0.290 e. The molecule has 0 atom stereocenters. The highest BCUT2D eigenvalue weighted by atomic mass is 16.3. The van der Waals surface area contributed by atoms with E-state index in [1.807, 2.05) is 0 Å². The van der Waals surface area contributed by atoms with Crippen molar-refractivity contribution in [2.24, 2.45) is 0 Å². The molecule has 6 heteroatoms. The first-order valence-corrected chi connectivity index (χ1v) is 4.15. The highest BCUT2D eigenvalue weighted by molar-refractivity contribution is 5.33. The quantitative estimate of drug-likeness (QED) is 0.534. The molecule has 0 amide bonds. The van der Waals surface area contributed by atoms with Crippen molar-refractivity contribution in [3.05, 3.63) is 35.4 Å². The Kier molecular flexibility index (Phi) is 13.5. The van der Waals surface area contributed by atoms with Gasteiger partial charge in [-0.1, -0.05) is 24.3 Å². The number of hydrogen-bond donors (Lipinski definition) is 4. The summed E-state index contributed by atoms with van der Waals surface area (Å²) < 4.78 is 0. The third-order valence-corrected chi connectivity index (χ3v) is 1.39. The van der Waals surface area contributed by atoms with Crippen LogP contribution in [0.5, 0.6) is 0 Å². The molecule has 0 fully saturated rings. The van der Waals surface area contributed by atoms with Gasteiger partial charge in [-0.2, -0.15) is 0 Å². The van der Waals surface area contributed by atoms with Crippen LogP contribution in [0.2, 0.25) is 0 Å². The monoisotopic (exact) mass is 230 g/mol. The maximum Gasteiger partial charge on any atom is 0.290 e. The zero-order chi connectivity index (χ0) is 12.8. The zero-order valence-electron chi connectivity index (χ0n) is 8.48. The van der Waals surface area contributed by atoms with Gasteiger partial charge in [-0.3, -0.25) is 9.59 Å². The van der Waals surface area contributed by atoms with Crippen LogP contribution in [0.15, 0.2) is 24.3 Å². The lowest BCUT2D eigenvalue weighted by Gasteiger charge is -1.96. The second-order valence-corrected chi connectivity index (χ2v) is 2.34. The maximum atomic E-state index is 8.64. The summed E-state index contributed by atoms with van der Waals surface area (Å²) in [6.07, 6.45) is 0.